The molecule has 1 fully saturated rings. The van der Waals surface area contributed by atoms with Gasteiger partial charge in [0, 0.05) is 40.4 Å². The topological polar surface area (TPSA) is 91.4 Å². The van der Waals surface area contributed by atoms with E-state index in [0.29, 0.717) is 34.7 Å². The summed E-state index contributed by atoms with van der Waals surface area (Å²) in [6.07, 6.45) is 4.19. The van der Waals surface area contributed by atoms with E-state index in [2.05, 4.69) is 15.6 Å². The van der Waals surface area contributed by atoms with Gasteiger partial charge in [-0.25, -0.2) is 4.39 Å². The molecule has 2 aromatic heterocycles. The van der Waals surface area contributed by atoms with E-state index >= 15 is 4.39 Å². The van der Waals surface area contributed by atoms with Gasteiger partial charge in [-0.05, 0) is 67.3 Å². The number of pyridine rings is 1. The molecule has 4 aromatic rings. The van der Waals surface area contributed by atoms with E-state index in [4.69, 9.17) is 0 Å². The highest BCUT2D eigenvalue weighted by atomic mass is 32.1. The monoisotopic (exact) mass is 538 g/mol. The minimum absolute atomic E-state index is 0.0183. The second-order valence-corrected chi connectivity index (χ2v) is 10.8. The summed E-state index contributed by atoms with van der Waals surface area (Å²) in [7, 11) is 1.70. The Balaban J connectivity index is 1.25. The maximum atomic E-state index is 15.1. The number of halogens is 1. The van der Waals surface area contributed by atoms with Gasteiger partial charge in [0.1, 0.15) is 5.82 Å². The molecular formula is C29H24BFN4O3S. The highest BCUT2D eigenvalue weighted by molar-refractivity contribution is 7.17. The van der Waals surface area contributed by atoms with E-state index in [1.807, 2.05) is 30.3 Å². The van der Waals surface area contributed by atoms with Gasteiger partial charge in [-0.15, -0.1) is 11.3 Å². The molecular weight excluding hydrogens is 514 g/mol. The van der Waals surface area contributed by atoms with E-state index in [9.17, 15) is 14.4 Å². The van der Waals surface area contributed by atoms with Crippen molar-refractivity contribution in [1.29, 1.82) is 0 Å². The van der Waals surface area contributed by atoms with Gasteiger partial charge in [0.25, 0.3) is 17.7 Å². The molecule has 1 saturated carbocycles. The van der Waals surface area contributed by atoms with Crippen molar-refractivity contribution in [2.75, 3.05) is 16.8 Å². The number of nitrogens with zero attached hydrogens (tertiary/aromatic N) is 2. The van der Waals surface area contributed by atoms with Gasteiger partial charge in [0.2, 0.25) is 0 Å². The molecule has 3 heterocycles. The van der Waals surface area contributed by atoms with Crippen molar-refractivity contribution >= 4 is 53.9 Å². The van der Waals surface area contributed by atoms with Crippen molar-refractivity contribution in [3.8, 4) is 10.4 Å². The van der Waals surface area contributed by atoms with Crippen LogP contribution < -0.4 is 21.1 Å². The third-order valence-corrected chi connectivity index (χ3v) is 8.16. The molecule has 194 valence electrons. The highest BCUT2D eigenvalue weighted by Crippen LogP contribution is 2.42. The number of amides is 3. The zero-order chi connectivity index (χ0) is 27.1. The summed E-state index contributed by atoms with van der Waals surface area (Å²) in [6, 6.07) is 17.1. The fraction of sp³-hybridized carbons (Fsp3) is 0.172. The molecule has 0 unspecified atom stereocenters. The van der Waals surface area contributed by atoms with Gasteiger partial charge >= 0.3 is 0 Å². The average Bonchev–Trinajstić information content (AvgIpc) is 3.68. The molecule has 2 aromatic carbocycles. The smallest absolute Gasteiger partial charge is 0.261 e. The molecule has 6 rings (SSSR count). The molecule has 0 radical (unpaired) electrons. The van der Waals surface area contributed by atoms with Crippen molar-refractivity contribution in [2.24, 2.45) is 0 Å². The lowest BCUT2D eigenvalue weighted by Crippen LogP contribution is -2.32. The summed E-state index contributed by atoms with van der Waals surface area (Å²) >= 11 is 1.43. The predicted molar refractivity (Wildman–Crippen MR) is 152 cm³/mol. The first-order chi connectivity index (χ1) is 18.9. The van der Waals surface area contributed by atoms with Crippen molar-refractivity contribution < 1.29 is 18.8 Å². The average molecular weight is 538 g/mol. The van der Waals surface area contributed by atoms with Crippen molar-refractivity contribution in [1.82, 2.24) is 10.3 Å². The summed E-state index contributed by atoms with van der Waals surface area (Å²) in [6.45, 7) is 0.379. The Morgan fingerprint density at radius 3 is 2.62 bits per heavy atom. The predicted octanol–water partition coefficient (Wildman–Crippen LogP) is 3.56. The fourth-order valence-corrected chi connectivity index (χ4v) is 5.87. The number of carbonyl (C=O) groups is 3. The van der Waals surface area contributed by atoms with Gasteiger partial charge in [-0.1, -0.05) is 18.2 Å². The molecule has 2 N–H and O–H groups in total. The first-order valence-corrected chi connectivity index (χ1v) is 13.6. The summed E-state index contributed by atoms with van der Waals surface area (Å²) in [5, 5.41) is 5.61. The Morgan fingerprint density at radius 2 is 1.85 bits per heavy atom. The van der Waals surface area contributed by atoms with Gasteiger partial charge in [-0.3, -0.25) is 19.4 Å². The van der Waals surface area contributed by atoms with Gasteiger partial charge in [-0.2, -0.15) is 0 Å². The van der Waals surface area contributed by atoms with E-state index < -0.39 is 11.7 Å². The number of rotatable bonds is 5. The quantitative estimate of drug-likeness (QED) is 0.381. The van der Waals surface area contributed by atoms with Crippen LogP contribution in [-0.4, -0.2) is 43.1 Å². The molecule has 0 spiro atoms. The molecule has 0 saturated heterocycles. The van der Waals surface area contributed by atoms with E-state index in [0.717, 1.165) is 34.9 Å². The van der Waals surface area contributed by atoms with Crippen LogP contribution in [0.1, 0.15) is 48.8 Å². The summed E-state index contributed by atoms with van der Waals surface area (Å²) < 4.78 is 15.1. The molecule has 2 aliphatic rings. The van der Waals surface area contributed by atoms with Crippen LogP contribution in [0.4, 0.5) is 15.8 Å². The van der Waals surface area contributed by atoms with E-state index in [1.54, 1.807) is 31.1 Å². The number of anilines is 2. The molecule has 1 aliphatic carbocycles. The fourth-order valence-electron chi connectivity index (χ4n) is 4.72. The van der Waals surface area contributed by atoms with Crippen LogP contribution in [0.5, 0.6) is 0 Å². The molecule has 7 nitrogen and oxygen atoms in total. The summed E-state index contributed by atoms with van der Waals surface area (Å²) in [4.78, 5) is 46.3. The number of carbonyl (C=O) groups excluding carboxylic acids is 3. The summed E-state index contributed by atoms with van der Waals surface area (Å²) in [5.74, 6) is -1.58. The Labute approximate surface area is 229 Å². The number of fused-ring (bicyclic) bond motifs is 3. The van der Waals surface area contributed by atoms with Crippen LogP contribution in [0.2, 0.25) is 0 Å². The standard InChI is InChI=1S/C29H24BFN4O3S/c30-26-20(5-3-12-32-26)27(36)34-22-10-7-17(14-21(22)31)29(38)35-13-11-16-15-24(28(37)33-18-8-9-18)39-25(16)19-4-1-2-6-23(19)35/h1-7,10,12,14-15,18H,8-9,11,13,30H2,(H,33,37)(H,34,36). The minimum Gasteiger partial charge on any atom is -0.349 e. The zero-order valence-electron chi connectivity index (χ0n) is 21.2. The van der Waals surface area contributed by atoms with Crippen LogP contribution >= 0.6 is 11.3 Å². The van der Waals surface area contributed by atoms with Crippen LogP contribution in [0.25, 0.3) is 10.4 Å². The molecule has 39 heavy (non-hydrogen) atoms. The van der Waals surface area contributed by atoms with E-state index in [-0.39, 0.29) is 29.1 Å². The first kappa shape index (κ1) is 25.0. The van der Waals surface area contributed by atoms with Crippen LogP contribution in [0.15, 0.2) is 66.9 Å². The van der Waals surface area contributed by atoms with Crippen LogP contribution in [0, 0.1) is 5.82 Å². The number of aromatic nitrogens is 1. The second-order valence-electron chi connectivity index (χ2n) is 9.72. The van der Waals surface area contributed by atoms with Crippen molar-refractivity contribution in [3.63, 3.8) is 0 Å². The van der Waals surface area contributed by atoms with Crippen molar-refractivity contribution in [2.45, 2.75) is 25.3 Å². The normalized spacial score (nSPS) is 14.1. The van der Waals surface area contributed by atoms with Crippen LogP contribution in [0.3, 0.4) is 0 Å². The Kier molecular flexibility index (Phi) is 6.48. The summed E-state index contributed by atoms with van der Waals surface area (Å²) in [5.41, 5.74) is 3.62. The Morgan fingerprint density at radius 1 is 1.03 bits per heavy atom. The Bertz CT molecular complexity index is 1630. The van der Waals surface area contributed by atoms with Gasteiger partial charge in [0.05, 0.1) is 21.8 Å². The van der Waals surface area contributed by atoms with Gasteiger partial charge in [0.15, 0.2) is 7.85 Å². The zero-order valence-corrected chi connectivity index (χ0v) is 22.0. The molecule has 1 aliphatic heterocycles. The third-order valence-electron chi connectivity index (χ3n) is 6.95. The lowest BCUT2D eigenvalue weighted by atomic mass is 9.97. The molecule has 0 atom stereocenters. The minimum atomic E-state index is -0.704. The van der Waals surface area contributed by atoms with E-state index in [1.165, 1.54) is 23.5 Å². The first-order valence-electron chi connectivity index (χ1n) is 12.8. The number of hydrogen-bond donors (Lipinski definition) is 2. The molecule has 3 amide bonds. The maximum Gasteiger partial charge on any atom is 0.261 e. The molecule has 0 bridgehead atoms. The number of nitrogens with one attached hydrogen (secondary N) is 2. The second kappa shape index (κ2) is 10.1. The number of benzene rings is 2. The molecule has 10 heteroatoms. The lowest BCUT2D eigenvalue weighted by Gasteiger charge is -2.23. The SMILES string of the molecule is Bc1ncccc1C(=O)Nc1ccc(C(=O)N2CCc3cc(C(=O)NC4CC4)sc3-c3ccccc32)cc1F. The Hall–Kier alpha value is -4.31. The number of para-hydroxylation sites is 1. The number of hydrogen-bond acceptors (Lipinski definition) is 5. The lowest BCUT2D eigenvalue weighted by molar-refractivity contribution is 0.0952. The van der Waals surface area contributed by atoms with Crippen LogP contribution in [-0.2, 0) is 6.42 Å². The third kappa shape index (κ3) is 4.95. The largest absolute Gasteiger partial charge is 0.349 e. The maximum absolute atomic E-state index is 15.1. The van der Waals surface area contributed by atoms with Gasteiger partial charge < -0.3 is 15.5 Å². The number of thiophene rings is 1. The van der Waals surface area contributed by atoms with Crippen molar-refractivity contribution in [3.05, 3.63) is 94.2 Å². The highest BCUT2D eigenvalue weighted by Gasteiger charge is 2.29.